The minimum Gasteiger partial charge on any atom is -0.481 e. The van der Waals surface area contributed by atoms with Gasteiger partial charge >= 0.3 is 5.97 Å². The van der Waals surface area contributed by atoms with Gasteiger partial charge in [-0.25, -0.2) is 0 Å². The SMILES string of the molecule is CCCCCCCCCCCCCCCCCCNC(=O)C(NC(=O)CCCCCCC(=O)O)C(C)C. The van der Waals surface area contributed by atoms with Crippen LogP contribution < -0.4 is 10.6 Å². The highest BCUT2D eigenvalue weighted by molar-refractivity contribution is 5.87. The van der Waals surface area contributed by atoms with Crippen LogP contribution >= 0.6 is 0 Å². The number of unbranched alkanes of at least 4 members (excludes halogenated alkanes) is 18. The summed E-state index contributed by atoms with van der Waals surface area (Å²) in [4.78, 5) is 35.4. The lowest BCUT2D eigenvalue weighted by atomic mass is 10.0. The van der Waals surface area contributed by atoms with E-state index in [2.05, 4.69) is 17.6 Å². The van der Waals surface area contributed by atoms with E-state index >= 15 is 0 Å². The fourth-order valence-electron chi connectivity index (χ4n) is 4.69. The van der Waals surface area contributed by atoms with Crippen molar-refractivity contribution in [2.45, 2.75) is 168 Å². The smallest absolute Gasteiger partial charge is 0.303 e. The number of carboxylic acid groups (broad SMARTS) is 1. The van der Waals surface area contributed by atoms with Gasteiger partial charge in [-0.05, 0) is 25.2 Å². The van der Waals surface area contributed by atoms with Crippen molar-refractivity contribution >= 4 is 17.8 Å². The minimum absolute atomic E-state index is 0.0327. The molecule has 0 aliphatic heterocycles. The number of carboxylic acids is 1. The van der Waals surface area contributed by atoms with Crippen molar-refractivity contribution < 1.29 is 19.5 Å². The fraction of sp³-hybridized carbons (Fsp3) is 0.903. The molecule has 0 aromatic rings. The first kappa shape index (κ1) is 35.4. The van der Waals surface area contributed by atoms with Gasteiger partial charge in [0, 0.05) is 19.4 Å². The maximum absolute atomic E-state index is 12.6. The molecule has 0 aromatic heterocycles. The van der Waals surface area contributed by atoms with E-state index in [4.69, 9.17) is 5.11 Å². The van der Waals surface area contributed by atoms with E-state index in [1.807, 2.05) is 13.8 Å². The molecule has 3 N–H and O–H groups in total. The summed E-state index contributed by atoms with van der Waals surface area (Å²) in [6.07, 6.45) is 24.9. The van der Waals surface area contributed by atoms with Gasteiger partial charge < -0.3 is 15.7 Å². The fourth-order valence-corrected chi connectivity index (χ4v) is 4.69. The van der Waals surface area contributed by atoms with Crippen molar-refractivity contribution in [2.75, 3.05) is 6.54 Å². The highest BCUT2D eigenvalue weighted by Crippen LogP contribution is 2.14. The molecule has 0 saturated heterocycles. The Morgan fingerprint density at radius 3 is 1.43 bits per heavy atom. The lowest BCUT2D eigenvalue weighted by Crippen LogP contribution is -2.49. The molecule has 0 rings (SSSR count). The molecule has 1 unspecified atom stereocenters. The average molecular weight is 525 g/mol. The van der Waals surface area contributed by atoms with E-state index in [9.17, 15) is 14.4 Å². The van der Waals surface area contributed by atoms with Crippen molar-refractivity contribution in [2.24, 2.45) is 5.92 Å². The van der Waals surface area contributed by atoms with Gasteiger partial charge in [0.05, 0.1) is 0 Å². The third kappa shape index (κ3) is 24.5. The number of carbonyl (C=O) groups excluding carboxylic acids is 2. The third-order valence-electron chi connectivity index (χ3n) is 7.14. The Morgan fingerprint density at radius 1 is 0.595 bits per heavy atom. The van der Waals surface area contributed by atoms with Crippen LogP contribution in [0.2, 0.25) is 0 Å². The van der Waals surface area contributed by atoms with Crippen LogP contribution in [-0.4, -0.2) is 35.5 Å². The molecule has 0 heterocycles. The topological polar surface area (TPSA) is 95.5 Å². The first-order valence-corrected chi connectivity index (χ1v) is 15.7. The van der Waals surface area contributed by atoms with Crippen LogP contribution in [0.3, 0.4) is 0 Å². The summed E-state index contributed by atoms with van der Waals surface area (Å²) in [7, 11) is 0. The number of amides is 2. The molecule has 0 aliphatic rings. The molecular weight excluding hydrogens is 464 g/mol. The lowest BCUT2D eigenvalue weighted by molar-refractivity contribution is -0.137. The second-order valence-corrected chi connectivity index (χ2v) is 11.2. The Kier molecular flexibility index (Phi) is 24.9. The first-order valence-electron chi connectivity index (χ1n) is 15.7. The molecule has 0 radical (unpaired) electrons. The standard InChI is InChI=1S/C31H60N2O4/c1-4-5-6-7-8-9-10-11-12-13-14-15-16-17-20-23-26-32-31(37)30(27(2)3)33-28(34)24-21-18-19-22-25-29(35)36/h27,30H,4-26H2,1-3H3,(H,32,37)(H,33,34)(H,35,36). The first-order chi connectivity index (χ1) is 17.9. The highest BCUT2D eigenvalue weighted by atomic mass is 16.4. The Morgan fingerprint density at radius 2 is 1.00 bits per heavy atom. The van der Waals surface area contributed by atoms with Gasteiger partial charge in [-0.3, -0.25) is 14.4 Å². The summed E-state index contributed by atoms with van der Waals surface area (Å²) in [6, 6.07) is -0.499. The van der Waals surface area contributed by atoms with Crippen molar-refractivity contribution in [3.8, 4) is 0 Å². The summed E-state index contributed by atoms with van der Waals surface area (Å²) >= 11 is 0. The monoisotopic (exact) mass is 524 g/mol. The number of carbonyl (C=O) groups is 3. The summed E-state index contributed by atoms with van der Waals surface area (Å²) in [5.74, 6) is -0.936. The summed E-state index contributed by atoms with van der Waals surface area (Å²) < 4.78 is 0. The van der Waals surface area contributed by atoms with Crippen LogP contribution in [0.5, 0.6) is 0 Å². The molecule has 6 heteroatoms. The molecule has 218 valence electrons. The number of hydrogen-bond acceptors (Lipinski definition) is 3. The molecular formula is C31H60N2O4. The van der Waals surface area contributed by atoms with Gasteiger partial charge in [0.2, 0.25) is 11.8 Å². The zero-order valence-corrected chi connectivity index (χ0v) is 24.6. The molecule has 6 nitrogen and oxygen atoms in total. The van der Waals surface area contributed by atoms with Gasteiger partial charge in [-0.15, -0.1) is 0 Å². The van der Waals surface area contributed by atoms with Crippen molar-refractivity contribution in [1.82, 2.24) is 10.6 Å². The van der Waals surface area contributed by atoms with Crippen LogP contribution in [0.4, 0.5) is 0 Å². The van der Waals surface area contributed by atoms with Crippen molar-refractivity contribution in [1.29, 1.82) is 0 Å². The largest absolute Gasteiger partial charge is 0.481 e. The van der Waals surface area contributed by atoms with E-state index < -0.39 is 12.0 Å². The second-order valence-electron chi connectivity index (χ2n) is 11.2. The van der Waals surface area contributed by atoms with Gasteiger partial charge in [0.1, 0.15) is 6.04 Å². The molecule has 0 bridgehead atoms. The molecule has 0 fully saturated rings. The van der Waals surface area contributed by atoms with E-state index in [-0.39, 0.29) is 24.2 Å². The Balaban J connectivity index is 3.66. The van der Waals surface area contributed by atoms with Gasteiger partial charge in [-0.1, -0.05) is 130 Å². The summed E-state index contributed by atoms with van der Waals surface area (Å²) in [6.45, 7) is 6.84. The molecule has 0 saturated carbocycles. The number of aliphatic carboxylic acids is 1. The zero-order chi connectivity index (χ0) is 27.6. The molecule has 2 amide bonds. The van der Waals surface area contributed by atoms with E-state index in [0.717, 1.165) is 32.1 Å². The van der Waals surface area contributed by atoms with Gasteiger partial charge in [-0.2, -0.15) is 0 Å². The Labute approximate surface area is 228 Å². The molecule has 0 aromatic carbocycles. The second kappa shape index (κ2) is 26.0. The quantitative estimate of drug-likeness (QED) is 0.0951. The maximum atomic E-state index is 12.6. The van der Waals surface area contributed by atoms with E-state index in [0.29, 0.717) is 19.4 Å². The lowest BCUT2D eigenvalue weighted by Gasteiger charge is -2.21. The Hall–Kier alpha value is -1.59. The van der Waals surface area contributed by atoms with Crippen molar-refractivity contribution in [3.63, 3.8) is 0 Å². The van der Waals surface area contributed by atoms with Crippen LogP contribution in [0.25, 0.3) is 0 Å². The van der Waals surface area contributed by atoms with Gasteiger partial charge in [0.15, 0.2) is 0 Å². The summed E-state index contributed by atoms with van der Waals surface area (Å²) in [5, 5.41) is 14.5. The van der Waals surface area contributed by atoms with Crippen LogP contribution in [0, 0.1) is 5.92 Å². The predicted octanol–water partition coefficient (Wildman–Crippen LogP) is 7.93. The number of rotatable bonds is 27. The van der Waals surface area contributed by atoms with Crippen LogP contribution in [0.1, 0.15) is 162 Å². The number of nitrogens with one attached hydrogen (secondary N) is 2. The van der Waals surface area contributed by atoms with E-state index in [1.165, 1.54) is 89.9 Å². The predicted molar refractivity (Wildman–Crippen MR) is 155 cm³/mol. The highest BCUT2D eigenvalue weighted by Gasteiger charge is 2.23. The Bertz CT molecular complexity index is 565. The average Bonchev–Trinajstić information content (AvgIpc) is 2.86. The molecule has 1 atom stereocenters. The zero-order valence-electron chi connectivity index (χ0n) is 24.6. The van der Waals surface area contributed by atoms with Crippen LogP contribution in [-0.2, 0) is 14.4 Å². The summed E-state index contributed by atoms with van der Waals surface area (Å²) in [5.41, 5.74) is 0. The van der Waals surface area contributed by atoms with Crippen molar-refractivity contribution in [3.05, 3.63) is 0 Å². The molecule has 0 aliphatic carbocycles. The third-order valence-corrected chi connectivity index (χ3v) is 7.14. The molecule has 0 spiro atoms. The van der Waals surface area contributed by atoms with Crippen LogP contribution in [0.15, 0.2) is 0 Å². The molecule has 37 heavy (non-hydrogen) atoms. The minimum atomic E-state index is -0.775. The van der Waals surface area contributed by atoms with E-state index in [1.54, 1.807) is 0 Å². The maximum Gasteiger partial charge on any atom is 0.303 e. The number of hydrogen-bond donors (Lipinski definition) is 3. The normalized spacial score (nSPS) is 12.0. The van der Waals surface area contributed by atoms with Gasteiger partial charge in [0.25, 0.3) is 0 Å².